The molecule has 1 unspecified atom stereocenters. The normalized spacial score (nSPS) is 16.3. The van der Waals surface area contributed by atoms with Crippen LogP contribution in [0, 0.1) is 11.3 Å². The molecule has 9 heteroatoms. The Hall–Kier alpha value is -3.12. The van der Waals surface area contributed by atoms with Gasteiger partial charge in [-0.1, -0.05) is 6.07 Å². The molecule has 1 saturated heterocycles. The smallest absolute Gasteiger partial charge is 0.241 e. The molecule has 2 aliphatic rings. The van der Waals surface area contributed by atoms with Crippen molar-refractivity contribution in [1.29, 1.82) is 5.26 Å². The number of aliphatic hydroxyl groups is 1. The third-order valence-corrected chi connectivity index (χ3v) is 7.75. The second kappa shape index (κ2) is 11.5. The molecule has 1 aromatic heterocycles. The van der Waals surface area contributed by atoms with Crippen LogP contribution in [0.3, 0.4) is 0 Å². The van der Waals surface area contributed by atoms with Gasteiger partial charge in [0.25, 0.3) is 0 Å². The van der Waals surface area contributed by atoms with E-state index in [-0.39, 0.29) is 31.0 Å². The van der Waals surface area contributed by atoms with Crippen LogP contribution in [0.1, 0.15) is 43.4 Å². The van der Waals surface area contributed by atoms with Gasteiger partial charge in [0.15, 0.2) is 0 Å². The zero-order valence-electron chi connectivity index (χ0n) is 21.0. The number of rotatable bonds is 7. The molecule has 2 aromatic carbocycles. The second-order valence-electron chi connectivity index (χ2n) is 9.63. The summed E-state index contributed by atoms with van der Waals surface area (Å²) < 4.78 is 5.76. The molecule has 7 nitrogen and oxygen atoms in total. The average molecular weight is 539 g/mol. The van der Waals surface area contributed by atoms with Gasteiger partial charge in [-0.2, -0.15) is 5.26 Å². The van der Waals surface area contributed by atoms with Gasteiger partial charge in [0.05, 0.1) is 29.2 Å². The number of thiazole rings is 1. The van der Waals surface area contributed by atoms with E-state index in [1.54, 1.807) is 16.2 Å². The summed E-state index contributed by atoms with van der Waals surface area (Å²) in [5.41, 5.74) is 6.08. The fraction of sp³-hybridized carbons (Fsp3) is 0.393. The number of aryl methyl sites for hydroxylation is 1. The third-order valence-electron chi connectivity index (χ3n) is 6.69. The predicted molar refractivity (Wildman–Crippen MR) is 148 cm³/mol. The van der Waals surface area contributed by atoms with Crippen molar-refractivity contribution in [3.8, 4) is 32.8 Å². The minimum atomic E-state index is -0.423. The molecule has 2 heterocycles. The summed E-state index contributed by atoms with van der Waals surface area (Å²) in [5.74, 6) is 0.575. The molecule has 0 saturated carbocycles. The Kier molecular flexibility index (Phi) is 8.38. The zero-order chi connectivity index (χ0) is 25.2. The zero-order valence-corrected chi connectivity index (χ0v) is 22.6. The van der Waals surface area contributed by atoms with Gasteiger partial charge in [0, 0.05) is 36.1 Å². The fourth-order valence-corrected chi connectivity index (χ4v) is 5.98. The number of carbonyl (C=O) groups is 1. The predicted octanol–water partition coefficient (Wildman–Crippen LogP) is 5.05. The number of carbonyl (C=O) groups excluding carboxylic acids is 1. The van der Waals surface area contributed by atoms with E-state index in [1.165, 1.54) is 11.1 Å². The number of fused-ring (bicyclic) bond motifs is 1. The first-order valence-electron chi connectivity index (χ1n) is 12.4. The number of anilines is 1. The number of benzene rings is 2. The minimum Gasteiger partial charge on any atom is -0.490 e. The van der Waals surface area contributed by atoms with Crippen LogP contribution < -0.4 is 10.1 Å². The van der Waals surface area contributed by atoms with E-state index < -0.39 is 6.10 Å². The highest BCUT2D eigenvalue weighted by Gasteiger charge is 2.25. The Bertz CT molecular complexity index is 1330. The largest absolute Gasteiger partial charge is 0.490 e. The molecule has 0 radical (unpaired) electrons. The maximum atomic E-state index is 12.7. The molecule has 1 amide bonds. The first kappa shape index (κ1) is 26.9. The van der Waals surface area contributed by atoms with Crippen LogP contribution >= 0.6 is 23.7 Å². The third kappa shape index (κ3) is 5.74. The van der Waals surface area contributed by atoms with Crippen LogP contribution in [0.15, 0.2) is 36.5 Å². The maximum Gasteiger partial charge on any atom is 0.241 e. The molecule has 3 aromatic rings. The van der Waals surface area contributed by atoms with Crippen molar-refractivity contribution in [3.05, 3.63) is 53.2 Å². The lowest BCUT2D eigenvalue weighted by Crippen LogP contribution is -2.34. The molecule has 1 fully saturated rings. The van der Waals surface area contributed by atoms with Crippen molar-refractivity contribution in [2.45, 2.75) is 51.7 Å². The maximum absolute atomic E-state index is 12.7. The lowest BCUT2D eigenvalue weighted by Gasteiger charge is -2.19. The number of hydrogen-bond donors (Lipinski definition) is 2. The highest BCUT2D eigenvalue weighted by Crippen LogP contribution is 2.42. The Morgan fingerprint density at radius 3 is 2.89 bits per heavy atom. The number of amides is 1. The Balaban J connectivity index is 0.00000320. The van der Waals surface area contributed by atoms with Crippen molar-refractivity contribution >= 4 is 35.3 Å². The number of aromatic nitrogens is 1. The van der Waals surface area contributed by atoms with Gasteiger partial charge in [0.2, 0.25) is 5.91 Å². The van der Waals surface area contributed by atoms with Crippen molar-refractivity contribution < 1.29 is 14.6 Å². The summed E-state index contributed by atoms with van der Waals surface area (Å²) in [7, 11) is 0. The summed E-state index contributed by atoms with van der Waals surface area (Å²) in [6.45, 7) is 5.07. The topological polar surface area (TPSA) is 98.5 Å². The lowest BCUT2D eigenvalue weighted by atomic mass is 10.00. The second-order valence-corrected chi connectivity index (χ2v) is 10.7. The van der Waals surface area contributed by atoms with Crippen molar-refractivity contribution in [1.82, 2.24) is 9.88 Å². The minimum absolute atomic E-state index is 0. The highest BCUT2D eigenvalue weighted by atomic mass is 35.5. The quantitative estimate of drug-likeness (QED) is 0.436. The van der Waals surface area contributed by atoms with Crippen LogP contribution in [-0.4, -0.2) is 52.7 Å². The number of nitrogens with one attached hydrogen (secondary N) is 1. The van der Waals surface area contributed by atoms with E-state index in [4.69, 9.17) is 9.72 Å². The summed E-state index contributed by atoms with van der Waals surface area (Å²) >= 11 is 1.59. The van der Waals surface area contributed by atoms with Crippen LogP contribution in [0.5, 0.6) is 5.75 Å². The molecule has 1 aliphatic heterocycles. The van der Waals surface area contributed by atoms with Gasteiger partial charge in [-0.15, -0.1) is 23.7 Å². The molecule has 0 spiro atoms. The molecule has 194 valence electrons. The van der Waals surface area contributed by atoms with Gasteiger partial charge < -0.3 is 20.1 Å². The van der Waals surface area contributed by atoms with Gasteiger partial charge >= 0.3 is 0 Å². The monoisotopic (exact) mass is 538 g/mol. The first-order chi connectivity index (χ1) is 17.4. The van der Waals surface area contributed by atoms with Gasteiger partial charge in [0.1, 0.15) is 16.8 Å². The van der Waals surface area contributed by atoms with E-state index in [0.717, 1.165) is 46.0 Å². The van der Waals surface area contributed by atoms with E-state index in [1.807, 2.05) is 38.2 Å². The molecule has 37 heavy (non-hydrogen) atoms. The van der Waals surface area contributed by atoms with Gasteiger partial charge in [-0.25, -0.2) is 4.98 Å². The Labute approximate surface area is 227 Å². The highest BCUT2D eigenvalue weighted by molar-refractivity contribution is 7.18. The van der Waals surface area contributed by atoms with Crippen molar-refractivity contribution in [3.63, 3.8) is 0 Å². The van der Waals surface area contributed by atoms with Crippen LogP contribution in [0.4, 0.5) is 5.69 Å². The number of nitriles is 1. The average Bonchev–Trinajstić information content (AvgIpc) is 3.63. The van der Waals surface area contributed by atoms with Gasteiger partial charge in [-0.05, 0) is 74.9 Å². The number of hydrogen-bond acceptors (Lipinski definition) is 7. The van der Waals surface area contributed by atoms with E-state index in [2.05, 4.69) is 23.5 Å². The van der Waals surface area contributed by atoms with E-state index in [0.29, 0.717) is 30.8 Å². The van der Waals surface area contributed by atoms with Crippen LogP contribution in [0.25, 0.3) is 21.0 Å². The number of aliphatic hydroxyl groups excluding tert-OH is 1. The SMILES string of the molecule is CC(C)Oc1ccc(-c2ncc(-c3c(NCC(=O)N4CCC(O)C4)ccc4c3CCC4)s2)cc1C#N.Cl. The number of β-amino-alcohol motifs (C(OH)–C–C–N with tert-alkyl or cyclic N) is 1. The van der Waals surface area contributed by atoms with Crippen LogP contribution in [-0.2, 0) is 17.6 Å². The summed E-state index contributed by atoms with van der Waals surface area (Å²) in [4.78, 5) is 20.2. The molecular weight excluding hydrogens is 508 g/mol. The van der Waals surface area contributed by atoms with Crippen molar-refractivity contribution in [2.75, 3.05) is 25.0 Å². The van der Waals surface area contributed by atoms with E-state index >= 15 is 0 Å². The molecule has 2 N–H and O–H groups in total. The number of likely N-dealkylation sites (tertiary alicyclic amines) is 1. The summed E-state index contributed by atoms with van der Waals surface area (Å²) in [6.07, 6.45) is 5.27. The molecule has 1 atom stereocenters. The molecular formula is C28H31ClN4O3S. The fourth-order valence-electron chi connectivity index (χ4n) is 4.98. The summed E-state index contributed by atoms with van der Waals surface area (Å²) in [6, 6.07) is 12.1. The Morgan fingerprint density at radius 2 is 2.16 bits per heavy atom. The molecule has 0 bridgehead atoms. The van der Waals surface area contributed by atoms with Crippen molar-refractivity contribution in [2.24, 2.45) is 0 Å². The van der Waals surface area contributed by atoms with Gasteiger partial charge in [-0.3, -0.25) is 4.79 Å². The molecule has 5 rings (SSSR count). The first-order valence-corrected chi connectivity index (χ1v) is 13.3. The standard InChI is InChI=1S/C28H30N4O3S.ClH/c1-17(2)35-24-9-7-19(12-20(24)13-29)28-31-14-25(36-28)27-22-5-3-4-18(22)6-8-23(27)30-15-26(34)32-11-10-21(33)16-32;/h6-9,12,14,17,21,30,33H,3-5,10-11,15-16H2,1-2H3;1H. The number of nitrogens with zero attached hydrogens (tertiary/aromatic N) is 3. The Morgan fingerprint density at radius 1 is 1.32 bits per heavy atom. The lowest BCUT2D eigenvalue weighted by molar-refractivity contribution is -0.128. The summed E-state index contributed by atoms with van der Waals surface area (Å²) in [5, 5.41) is 23.6. The molecule has 1 aliphatic carbocycles. The van der Waals surface area contributed by atoms with E-state index in [9.17, 15) is 15.2 Å². The number of ether oxygens (including phenoxy) is 1. The van der Waals surface area contributed by atoms with Crippen LogP contribution in [0.2, 0.25) is 0 Å². The number of halogens is 1.